The summed E-state index contributed by atoms with van der Waals surface area (Å²) >= 11 is 0. The fourth-order valence-corrected chi connectivity index (χ4v) is 2.09. The number of furan rings is 1. The molecule has 1 aromatic heterocycles. The maximum atomic E-state index is 12.9. The third-order valence-corrected chi connectivity index (χ3v) is 3.39. The number of hydrogen-bond donors (Lipinski definition) is 1. The van der Waals surface area contributed by atoms with E-state index < -0.39 is 0 Å². The molecule has 1 saturated carbocycles. The molecule has 1 aliphatic carbocycles. The Morgan fingerprint density at radius 1 is 1.25 bits per heavy atom. The monoisotopic (exact) mass is 271 g/mol. The van der Waals surface area contributed by atoms with Crippen LogP contribution >= 0.6 is 0 Å². The summed E-state index contributed by atoms with van der Waals surface area (Å²) in [6.45, 7) is 2.99. The number of hydrogen-bond acceptors (Lipinski definition) is 2. The number of nitrogens with one attached hydrogen (secondary N) is 1. The second-order valence-electron chi connectivity index (χ2n) is 5.35. The Labute approximate surface area is 118 Å². The summed E-state index contributed by atoms with van der Waals surface area (Å²) in [4.78, 5) is 0. The molecular formula is C17H18FNO. The van der Waals surface area contributed by atoms with Crippen LogP contribution in [0, 0.1) is 5.82 Å². The summed E-state index contributed by atoms with van der Waals surface area (Å²) in [6, 6.07) is 10.9. The molecule has 0 saturated heterocycles. The quantitative estimate of drug-likeness (QED) is 0.879. The average Bonchev–Trinajstić information content (AvgIpc) is 3.16. The molecule has 2 aromatic rings. The molecule has 1 aromatic carbocycles. The van der Waals surface area contributed by atoms with Crippen LogP contribution in [0.4, 0.5) is 4.39 Å². The van der Waals surface area contributed by atoms with Crippen molar-refractivity contribution in [3.63, 3.8) is 0 Å². The maximum absolute atomic E-state index is 12.9. The van der Waals surface area contributed by atoms with Crippen molar-refractivity contribution in [1.82, 2.24) is 5.32 Å². The predicted octanol–water partition coefficient (Wildman–Crippen LogP) is 4.24. The molecule has 0 radical (unpaired) electrons. The van der Waals surface area contributed by atoms with E-state index in [4.69, 9.17) is 4.42 Å². The minimum Gasteiger partial charge on any atom is -0.457 e. The third kappa shape index (κ3) is 3.36. The minimum absolute atomic E-state index is 0.234. The molecule has 1 aliphatic rings. The van der Waals surface area contributed by atoms with Crippen molar-refractivity contribution >= 4 is 6.08 Å². The van der Waals surface area contributed by atoms with E-state index >= 15 is 0 Å². The van der Waals surface area contributed by atoms with Crippen molar-refractivity contribution in [2.24, 2.45) is 0 Å². The van der Waals surface area contributed by atoms with Gasteiger partial charge in [-0.25, -0.2) is 4.39 Å². The normalized spacial score (nSPS) is 15.6. The molecule has 0 unspecified atom stereocenters. The molecule has 1 N–H and O–H groups in total. The number of rotatable bonds is 5. The zero-order valence-electron chi connectivity index (χ0n) is 11.5. The van der Waals surface area contributed by atoms with Gasteiger partial charge in [0.1, 0.15) is 17.3 Å². The lowest BCUT2D eigenvalue weighted by Crippen LogP contribution is -2.18. The zero-order valence-corrected chi connectivity index (χ0v) is 11.5. The van der Waals surface area contributed by atoms with Crippen LogP contribution in [-0.2, 0) is 0 Å². The molecule has 0 atom stereocenters. The average molecular weight is 271 g/mol. The van der Waals surface area contributed by atoms with Crippen molar-refractivity contribution in [3.8, 4) is 11.3 Å². The van der Waals surface area contributed by atoms with Crippen molar-refractivity contribution in [1.29, 1.82) is 0 Å². The fraction of sp³-hybridized carbons (Fsp3) is 0.294. The molecule has 0 amide bonds. The smallest absolute Gasteiger partial charge is 0.134 e. The van der Waals surface area contributed by atoms with Gasteiger partial charge in [0.25, 0.3) is 0 Å². The Morgan fingerprint density at radius 2 is 2.00 bits per heavy atom. The van der Waals surface area contributed by atoms with Crippen LogP contribution in [-0.4, -0.2) is 12.6 Å². The van der Waals surface area contributed by atoms with Gasteiger partial charge in [-0.05, 0) is 62.2 Å². The highest BCUT2D eigenvalue weighted by atomic mass is 19.1. The molecule has 0 bridgehead atoms. The highest BCUT2D eigenvalue weighted by Gasteiger charge is 2.19. The van der Waals surface area contributed by atoms with E-state index in [2.05, 4.69) is 12.2 Å². The lowest BCUT2D eigenvalue weighted by atomic mass is 10.2. The van der Waals surface area contributed by atoms with E-state index in [0.29, 0.717) is 6.04 Å². The largest absolute Gasteiger partial charge is 0.457 e. The Morgan fingerprint density at radius 3 is 2.70 bits per heavy atom. The van der Waals surface area contributed by atoms with E-state index in [0.717, 1.165) is 23.6 Å². The lowest BCUT2D eigenvalue weighted by Gasteiger charge is -2.01. The Bertz CT molecular complexity index is 608. The van der Waals surface area contributed by atoms with Gasteiger partial charge in [-0.1, -0.05) is 5.57 Å². The van der Waals surface area contributed by atoms with E-state index in [-0.39, 0.29) is 5.82 Å². The fourth-order valence-electron chi connectivity index (χ4n) is 2.09. The summed E-state index contributed by atoms with van der Waals surface area (Å²) in [5.74, 6) is 1.36. The highest BCUT2D eigenvalue weighted by molar-refractivity contribution is 5.60. The predicted molar refractivity (Wildman–Crippen MR) is 78.8 cm³/mol. The lowest BCUT2D eigenvalue weighted by molar-refractivity contribution is 0.570. The first-order valence-corrected chi connectivity index (χ1v) is 6.97. The van der Waals surface area contributed by atoms with Crippen LogP contribution in [0.1, 0.15) is 25.5 Å². The van der Waals surface area contributed by atoms with Gasteiger partial charge in [-0.2, -0.15) is 0 Å². The van der Waals surface area contributed by atoms with Crippen molar-refractivity contribution in [2.45, 2.75) is 25.8 Å². The number of halogens is 1. The van der Waals surface area contributed by atoms with E-state index in [1.807, 2.05) is 18.2 Å². The van der Waals surface area contributed by atoms with Crippen LogP contribution in [0.25, 0.3) is 17.4 Å². The topological polar surface area (TPSA) is 25.2 Å². The summed E-state index contributed by atoms with van der Waals surface area (Å²) in [5, 5.41) is 3.47. The first kappa shape index (κ1) is 13.1. The second kappa shape index (κ2) is 5.63. The maximum Gasteiger partial charge on any atom is 0.134 e. The van der Waals surface area contributed by atoms with Crippen LogP contribution in [0.3, 0.4) is 0 Å². The highest BCUT2D eigenvalue weighted by Crippen LogP contribution is 2.24. The second-order valence-corrected chi connectivity index (χ2v) is 5.35. The molecule has 0 spiro atoms. The van der Waals surface area contributed by atoms with E-state index in [1.54, 1.807) is 12.1 Å². The summed E-state index contributed by atoms with van der Waals surface area (Å²) in [5.41, 5.74) is 2.14. The van der Waals surface area contributed by atoms with Crippen molar-refractivity contribution < 1.29 is 8.81 Å². The SMILES string of the molecule is CC(=Cc1ccc(-c2ccc(F)cc2)o1)CNC1CC1. The zero-order chi connectivity index (χ0) is 13.9. The molecule has 1 fully saturated rings. The summed E-state index contributed by atoms with van der Waals surface area (Å²) in [7, 11) is 0. The van der Waals surface area contributed by atoms with Gasteiger partial charge >= 0.3 is 0 Å². The summed E-state index contributed by atoms with van der Waals surface area (Å²) in [6.07, 6.45) is 4.63. The third-order valence-electron chi connectivity index (χ3n) is 3.39. The Kier molecular flexibility index (Phi) is 3.70. The van der Waals surface area contributed by atoms with Crippen molar-refractivity contribution in [2.75, 3.05) is 6.54 Å². The molecule has 20 heavy (non-hydrogen) atoms. The van der Waals surface area contributed by atoms with Gasteiger partial charge in [0, 0.05) is 18.2 Å². The first-order chi connectivity index (χ1) is 9.70. The molecular weight excluding hydrogens is 253 g/mol. The van der Waals surface area contributed by atoms with Crippen LogP contribution in [0.15, 0.2) is 46.4 Å². The molecule has 1 heterocycles. The summed E-state index contributed by atoms with van der Waals surface area (Å²) < 4.78 is 18.7. The van der Waals surface area contributed by atoms with Gasteiger partial charge in [-0.15, -0.1) is 0 Å². The van der Waals surface area contributed by atoms with Crippen LogP contribution < -0.4 is 5.32 Å². The van der Waals surface area contributed by atoms with Gasteiger partial charge < -0.3 is 9.73 Å². The molecule has 104 valence electrons. The minimum atomic E-state index is -0.234. The Balaban J connectivity index is 1.69. The van der Waals surface area contributed by atoms with E-state index in [1.165, 1.54) is 30.5 Å². The van der Waals surface area contributed by atoms with Crippen molar-refractivity contribution in [3.05, 3.63) is 53.5 Å². The van der Waals surface area contributed by atoms with Crippen LogP contribution in [0.5, 0.6) is 0 Å². The standard InChI is InChI=1S/C17H18FNO/c1-12(11-19-15-6-7-15)10-16-8-9-17(20-16)13-2-4-14(18)5-3-13/h2-5,8-10,15,19H,6-7,11H2,1H3. The molecule has 2 nitrogen and oxygen atoms in total. The van der Waals surface area contributed by atoms with Crippen LogP contribution in [0.2, 0.25) is 0 Å². The molecule has 3 heteroatoms. The van der Waals surface area contributed by atoms with Gasteiger partial charge in [0.05, 0.1) is 0 Å². The number of benzene rings is 1. The first-order valence-electron chi connectivity index (χ1n) is 6.97. The Hall–Kier alpha value is -1.87. The van der Waals surface area contributed by atoms with Gasteiger partial charge in [0.2, 0.25) is 0 Å². The van der Waals surface area contributed by atoms with Gasteiger partial charge in [-0.3, -0.25) is 0 Å². The van der Waals surface area contributed by atoms with E-state index in [9.17, 15) is 4.39 Å². The van der Waals surface area contributed by atoms with Gasteiger partial charge in [0.15, 0.2) is 0 Å². The molecule has 3 rings (SSSR count). The molecule has 0 aliphatic heterocycles.